The second kappa shape index (κ2) is 8.46. The van der Waals surface area contributed by atoms with Crippen LogP contribution in [0.3, 0.4) is 0 Å². The van der Waals surface area contributed by atoms with Crippen LogP contribution in [0.4, 0.5) is 11.5 Å². The molecule has 2 aromatic heterocycles. The summed E-state index contributed by atoms with van der Waals surface area (Å²) in [5.41, 5.74) is 3.77. The van der Waals surface area contributed by atoms with Crippen LogP contribution in [0.15, 0.2) is 37.4 Å². The number of anilines is 2. The molecule has 0 aliphatic heterocycles. The maximum absolute atomic E-state index is 13.1. The standard InChI is InChI=1S/C20H24N6O5/c1-4-6-9-26-15(21)14(16(27)23-20(26)31)24(3)17(28)11-7-8-12-13(10-11)22-19(30)25(5-2)18(12)29/h7-8,10H,4-6,9,21H2,1-3H3,(H,22,30)(H,23,27,31). The highest BCUT2D eigenvalue weighted by atomic mass is 16.2. The smallest absolute Gasteiger partial charge is 0.330 e. The van der Waals surface area contributed by atoms with Crippen molar-refractivity contribution in [3.63, 3.8) is 0 Å². The fourth-order valence-electron chi connectivity index (χ4n) is 3.41. The number of carbonyl (C=O) groups excluding carboxylic acids is 1. The molecule has 1 amide bonds. The number of rotatable bonds is 6. The van der Waals surface area contributed by atoms with Gasteiger partial charge in [0.2, 0.25) is 0 Å². The highest BCUT2D eigenvalue weighted by Crippen LogP contribution is 2.19. The third kappa shape index (κ3) is 3.81. The molecule has 2 heterocycles. The summed E-state index contributed by atoms with van der Waals surface area (Å²) >= 11 is 0. The van der Waals surface area contributed by atoms with E-state index in [1.54, 1.807) is 6.92 Å². The van der Waals surface area contributed by atoms with Crippen LogP contribution in [0, 0.1) is 0 Å². The van der Waals surface area contributed by atoms with Gasteiger partial charge in [0.25, 0.3) is 17.0 Å². The zero-order chi connectivity index (χ0) is 22.9. The second-order valence-electron chi connectivity index (χ2n) is 7.10. The molecule has 0 aliphatic rings. The van der Waals surface area contributed by atoms with Crippen LogP contribution in [0.25, 0.3) is 10.9 Å². The first-order valence-electron chi connectivity index (χ1n) is 9.88. The summed E-state index contributed by atoms with van der Waals surface area (Å²) < 4.78 is 2.27. The SMILES string of the molecule is CCCCn1c(N)c(N(C)C(=O)c2ccc3c(=O)n(CC)c(=O)[nH]c3c2)c(=O)[nH]c1=O. The van der Waals surface area contributed by atoms with Gasteiger partial charge in [-0.3, -0.25) is 28.5 Å². The number of fused-ring (bicyclic) bond motifs is 1. The lowest BCUT2D eigenvalue weighted by Gasteiger charge is -2.20. The molecule has 3 rings (SSSR count). The summed E-state index contributed by atoms with van der Waals surface area (Å²) in [6.07, 6.45) is 1.48. The molecule has 31 heavy (non-hydrogen) atoms. The van der Waals surface area contributed by atoms with Gasteiger partial charge in [0.1, 0.15) is 5.82 Å². The Hall–Kier alpha value is -3.89. The molecule has 0 saturated carbocycles. The van der Waals surface area contributed by atoms with Crippen molar-refractivity contribution in [2.24, 2.45) is 0 Å². The Kier molecular flexibility index (Phi) is 5.95. The summed E-state index contributed by atoms with van der Waals surface area (Å²) in [5, 5.41) is 0.256. The molecule has 0 spiro atoms. The topological polar surface area (TPSA) is 156 Å². The van der Waals surface area contributed by atoms with E-state index in [0.717, 1.165) is 15.9 Å². The number of amides is 1. The van der Waals surface area contributed by atoms with Crippen LogP contribution in [-0.2, 0) is 13.1 Å². The Morgan fingerprint density at radius 1 is 1.06 bits per heavy atom. The number of aromatic amines is 2. The molecule has 0 unspecified atom stereocenters. The van der Waals surface area contributed by atoms with Gasteiger partial charge < -0.3 is 15.6 Å². The molecule has 1 aromatic carbocycles. The first-order chi connectivity index (χ1) is 14.7. The zero-order valence-electron chi connectivity index (χ0n) is 17.5. The zero-order valence-corrected chi connectivity index (χ0v) is 17.5. The largest absolute Gasteiger partial charge is 0.383 e. The predicted molar refractivity (Wildman–Crippen MR) is 118 cm³/mol. The number of hydrogen-bond acceptors (Lipinski definition) is 6. The number of H-pyrrole nitrogens is 2. The van der Waals surface area contributed by atoms with Gasteiger partial charge in [-0.25, -0.2) is 9.59 Å². The van der Waals surface area contributed by atoms with Gasteiger partial charge in [-0.2, -0.15) is 0 Å². The first kappa shape index (κ1) is 21.8. The number of nitrogens with zero attached hydrogens (tertiary/aromatic N) is 3. The Balaban J connectivity index is 2.09. The molecule has 0 radical (unpaired) electrons. The highest BCUT2D eigenvalue weighted by molar-refractivity contribution is 6.08. The molecule has 0 fully saturated rings. The number of aromatic nitrogens is 4. The summed E-state index contributed by atoms with van der Waals surface area (Å²) in [6, 6.07) is 4.24. The van der Waals surface area contributed by atoms with Crippen molar-refractivity contribution in [3.05, 3.63) is 65.4 Å². The van der Waals surface area contributed by atoms with Crippen LogP contribution in [0.2, 0.25) is 0 Å². The van der Waals surface area contributed by atoms with Crippen molar-refractivity contribution in [2.75, 3.05) is 17.7 Å². The lowest BCUT2D eigenvalue weighted by atomic mass is 10.1. The van der Waals surface area contributed by atoms with E-state index in [-0.39, 0.29) is 34.5 Å². The Labute approximate surface area is 175 Å². The number of nitrogens with one attached hydrogen (secondary N) is 2. The van der Waals surface area contributed by atoms with Crippen LogP contribution in [0.5, 0.6) is 0 Å². The summed E-state index contributed by atoms with van der Waals surface area (Å²) in [5.74, 6) is -0.710. The van der Waals surface area contributed by atoms with E-state index in [9.17, 15) is 24.0 Å². The maximum atomic E-state index is 13.1. The molecule has 164 valence electrons. The quantitative estimate of drug-likeness (QED) is 0.510. The molecule has 0 bridgehead atoms. The van der Waals surface area contributed by atoms with E-state index in [1.165, 1.54) is 29.8 Å². The molecular weight excluding hydrogens is 404 g/mol. The number of hydrogen-bond donors (Lipinski definition) is 3. The van der Waals surface area contributed by atoms with E-state index in [2.05, 4.69) is 9.97 Å². The van der Waals surface area contributed by atoms with Crippen LogP contribution >= 0.6 is 0 Å². The molecule has 0 aliphatic carbocycles. The van der Waals surface area contributed by atoms with Crippen molar-refractivity contribution in [1.82, 2.24) is 19.1 Å². The Morgan fingerprint density at radius 2 is 1.74 bits per heavy atom. The summed E-state index contributed by atoms with van der Waals surface area (Å²) in [6.45, 7) is 4.14. The van der Waals surface area contributed by atoms with Gasteiger partial charge in [0.15, 0.2) is 5.69 Å². The fraction of sp³-hybridized carbons (Fsp3) is 0.350. The van der Waals surface area contributed by atoms with Gasteiger partial charge in [-0.1, -0.05) is 13.3 Å². The van der Waals surface area contributed by atoms with Crippen molar-refractivity contribution < 1.29 is 4.79 Å². The second-order valence-corrected chi connectivity index (χ2v) is 7.10. The molecular formula is C20H24N6O5. The van der Waals surface area contributed by atoms with E-state index < -0.39 is 28.4 Å². The van der Waals surface area contributed by atoms with Gasteiger partial charge in [-0.15, -0.1) is 0 Å². The molecule has 3 aromatic rings. The third-order valence-corrected chi connectivity index (χ3v) is 5.13. The minimum absolute atomic E-state index is 0.113. The number of unbranched alkanes of at least 4 members (excludes halogenated alkanes) is 1. The van der Waals surface area contributed by atoms with Crippen LogP contribution < -0.4 is 33.1 Å². The van der Waals surface area contributed by atoms with Gasteiger partial charge in [-0.05, 0) is 31.5 Å². The molecule has 0 atom stereocenters. The summed E-state index contributed by atoms with van der Waals surface area (Å²) in [4.78, 5) is 67.9. The van der Waals surface area contributed by atoms with E-state index in [1.807, 2.05) is 6.92 Å². The Bertz CT molecular complexity index is 1390. The molecule has 4 N–H and O–H groups in total. The highest BCUT2D eigenvalue weighted by Gasteiger charge is 2.22. The minimum Gasteiger partial charge on any atom is -0.383 e. The van der Waals surface area contributed by atoms with E-state index in [4.69, 9.17) is 5.73 Å². The van der Waals surface area contributed by atoms with Crippen molar-refractivity contribution >= 4 is 28.3 Å². The average Bonchev–Trinajstić information content (AvgIpc) is 2.72. The number of benzene rings is 1. The molecule has 11 nitrogen and oxygen atoms in total. The number of carbonyl (C=O) groups is 1. The van der Waals surface area contributed by atoms with E-state index in [0.29, 0.717) is 13.0 Å². The Morgan fingerprint density at radius 3 is 2.39 bits per heavy atom. The van der Waals surface area contributed by atoms with Crippen molar-refractivity contribution in [1.29, 1.82) is 0 Å². The van der Waals surface area contributed by atoms with Crippen molar-refractivity contribution in [2.45, 2.75) is 39.8 Å². The van der Waals surface area contributed by atoms with Gasteiger partial charge in [0.05, 0.1) is 10.9 Å². The van der Waals surface area contributed by atoms with E-state index >= 15 is 0 Å². The first-order valence-corrected chi connectivity index (χ1v) is 9.88. The molecule has 0 saturated heterocycles. The lowest BCUT2D eigenvalue weighted by Crippen LogP contribution is -2.39. The lowest BCUT2D eigenvalue weighted by molar-refractivity contribution is 0.0992. The minimum atomic E-state index is -0.786. The van der Waals surface area contributed by atoms with Crippen LogP contribution in [-0.4, -0.2) is 32.1 Å². The summed E-state index contributed by atoms with van der Waals surface area (Å²) in [7, 11) is 1.36. The average molecular weight is 428 g/mol. The van der Waals surface area contributed by atoms with Crippen LogP contribution in [0.1, 0.15) is 37.0 Å². The van der Waals surface area contributed by atoms with Crippen molar-refractivity contribution in [3.8, 4) is 0 Å². The maximum Gasteiger partial charge on any atom is 0.330 e. The number of nitrogens with two attached hydrogens (primary N) is 1. The predicted octanol–water partition coefficient (Wildman–Crippen LogP) is 0.219. The number of nitrogen functional groups attached to an aromatic ring is 1. The monoisotopic (exact) mass is 428 g/mol. The molecule has 11 heteroatoms. The fourth-order valence-corrected chi connectivity index (χ4v) is 3.41. The van der Waals surface area contributed by atoms with Gasteiger partial charge >= 0.3 is 11.4 Å². The normalized spacial score (nSPS) is 11.1. The third-order valence-electron chi connectivity index (χ3n) is 5.13. The van der Waals surface area contributed by atoms with Gasteiger partial charge in [0, 0.05) is 25.7 Å².